The van der Waals surface area contributed by atoms with E-state index in [1.807, 2.05) is 19.1 Å². The van der Waals surface area contributed by atoms with Gasteiger partial charge in [0.2, 0.25) is 0 Å². The molecule has 0 bridgehead atoms. The molecule has 0 aliphatic carbocycles. The Balaban J connectivity index is 1.90. The van der Waals surface area contributed by atoms with Crippen LogP contribution < -0.4 is 0 Å². The molecule has 2 heterocycles. The van der Waals surface area contributed by atoms with Gasteiger partial charge in [-0.15, -0.1) is 11.3 Å². The number of carbonyl (C=O) groups is 1. The number of rotatable bonds is 4. The van der Waals surface area contributed by atoms with Gasteiger partial charge in [-0.05, 0) is 44.4 Å². The molecule has 1 saturated heterocycles. The van der Waals surface area contributed by atoms with E-state index >= 15 is 0 Å². The molecule has 0 radical (unpaired) electrons. The fraction of sp³-hybridized carbons (Fsp3) is 0.615. The van der Waals surface area contributed by atoms with Gasteiger partial charge in [-0.1, -0.05) is 0 Å². The third kappa shape index (κ3) is 3.37. The van der Waals surface area contributed by atoms with Crippen molar-refractivity contribution in [2.75, 3.05) is 26.2 Å². The van der Waals surface area contributed by atoms with Gasteiger partial charge in [0.15, 0.2) is 5.78 Å². The number of nitrogens with zero attached hydrogens (tertiary/aromatic N) is 1. The summed E-state index contributed by atoms with van der Waals surface area (Å²) in [5, 5.41) is 9.15. The summed E-state index contributed by atoms with van der Waals surface area (Å²) in [4.78, 5) is 16.2. The number of hydrogen-bond acceptors (Lipinski definition) is 4. The van der Waals surface area contributed by atoms with Crippen molar-refractivity contribution in [2.45, 2.75) is 19.8 Å². The Morgan fingerprint density at radius 2 is 2.41 bits per heavy atom. The summed E-state index contributed by atoms with van der Waals surface area (Å²) in [5.74, 6) is 0.559. The van der Waals surface area contributed by atoms with Crippen molar-refractivity contribution in [3.8, 4) is 0 Å². The molecule has 1 aliphatic rings. The summed E-state index contributed by atoms with van der Waals surface area (Å²) < 4.78 is 0. The first kappa shape index (κ1) is 12.7. The van der Waals surface area contributed by atoms with Crippen LogP contribution in [0.15, 0.2) is 12.1 Å². The molecule has 0 spiro atoms. The number of aryl methyl sites for hydroxylation is 1. The van der Waals surface area contributed by atoms with Gasteiger partial charge in [-0.3, -0.25) is 9.69 Å². The highest BCUT2D eigenvalue weighted by Crippen LogP contribution is 2.19. The van der Waals surface area contributed by atoms with Gasteiger partial charge >= 0.3 is 0 Å². The van der Waals surface area contributed by atoms with Crippen molar-refractivity contribution in [2.24, 2.45) is 5.92 Å². The summed E-state index contributed by atoms with van der Waals surface area (Å²) in [6.45, 7) is 4.59. The highest BCUT2D eigenvalue weighted by molar-refractivity contribution is 7.14. The minimum absolute atomic E-state index is 0.210. The van der Waals surface area contributed by atoms with Gasteiger partial charge in [-0.2, -0.15) is 0 Å². The Bertz CT molecular complexity index is 389. The molecule has 17 heavy (non-hydrogen) atoms. The molecule has 1 aromatic rings. The van der Waals surface area contributed by atoms with E-state index in [2.05, 4.69) is 4.90 Å². The van der Waals surface area contributed by atoms with Crippen LogP contribution in [0.4, 0.5) is 0 Å². The van der Waals surface area contributed by atoms with Crippen LogP contribution in [0.3, 0.4) is 0 Å². The van der Waals surface area contributed by atoms with Crippen molar-refractivity contribution >= 4 is 17.1 Å². The third-order valence-electron chi connectivity index (χ3n) is 3.24. The fourth-order valence-electron chi connectivity index (χ4n) is 2.31. The predicted molar refractivity (Wildman–Crippen MR) is 69.6 cm³/mol. The molecule has 1 fully saturated rings. The second-order valence-corrected chi connectivity index (χ2v) is 6.05. The van der Waals surface area contributed by atoms with E-state index in [-0.39, 0.29) is 12.4 Å². The monoisotopic (exact) mass is 253 g/mol. The van der Waals surface area contributed by atoms with Crippen LogP contribution in [0.25, 0.3) is 0 Å². The van der Waals surface area contributed by atoms with Crippen LogP contribution in [-0.2, 0) is 0 Å². The Hall–Kier alpha value is -0.710. The zero-order chi connectivity index (χ0) is 12.3. The summed E-state index contributed by atoms with van der Waals surface area (Å²) in [5.41, 5.74) is 0. The number of piperidine rings is 1. The van der Waals surface area contributed by atoms with E-state index in [9.17, 15) is 4.79 Å². The van der Waals surface area contributed by atoms with Gasteiger partial charge in [0.25, 0.3) is 0 Å². The quantitative estimate of drug-likeness (QED) is 0.834. The van der Waals surface area contributed by atoms with E-state index in [4.69, 9.17) is 5.11 Å². The van der Waals surface area contributed by atoms with E-state index < -0.39 is 0 Å². The number of aliphatic hydroxyl groups excluding tert-OH is 1. The van der Waals surface area contributed by atoms with E-state index in [1.54, 1.807) is 11.3 Å². The molecule has 0 aromatic carbocycles. The molecule has 4 heteroatoms. The number of aliphatic hydroxyl groups is 1. The maximum Gasteiger partial charge on any atom is 0.186 e. The zero-order valence-corrected chi connectivity index (χ0v) is 11.0. The second-order valence-electron chi connectivity index (χ2n) is 4.76. The first-order valence-corrected chi connectivity index (χ1v) is 6.93. The first-order valence-electron chi connectivity index (χ1n) is 6.12. The predicted octanol–water partition coefficient (Wildman–Crippen LogP) is 1.94. The molecule has 0 amide bonds. The van der Waals surface area contributed by atoms with Crippen molar-refractivity contribution in [1.29, 1.82) is 0 Å². The number of thiophene rings is 1. The lowest BCUT2D eigenvalue weighted by Gasteiger charge is -2.30. The normalized spacial score (nSPS) is 21.6. The minimum Gasteiger partial charge on any atom is -0.396 e. The maximum absolute atomic E-state index is 12.0. The molecule has 1 unspecified atom stereocenters. The smallest absolute Gasteiger partial charge is 0.186 e. The molecule has 1 aromatic heterocycles. The summed E-state index contributed by atoms with van der Waals surface area (Å²) in [6.07, 6.45) is 2.17. The van der Waals surface area contributed by atoms with Crippen LogP contribution in [0.5, 0.6) is 0 Å². The molecule has 0 saturated carbocycles. The Morgan fingerprint density at radius 1 is 1.59 bits per heavy atom. The van der Waals surface area contributed by atoms with E-state index in [0.29, 0.717) is 12.5 Å². The SMILES string of the molecule is Cc1ccc(C(=O)CN2CCCC(CO)C2)s1. The van der Waals surface area contributed by atoms with Crippen LogP contribution in [0, 0.1) is 12.8 Å². The fourth-order valence-corrected chi connectivity index (χ4v) is 3.11. The van der Waals surface area contributed by atoms with Crippen LogP contribution in [-0.4, -0.2) is 42.0 Å². The lowest BCUT2D eigenvalue weighted by molar-refractivity contribution is 0.0837. The first-order chi connectivity index (χ1) is 8.19. The molecule has 3 nitrogen and oxygen atoms in total. The number of hydrogen-bond donors (Lipinski definition) is 1. The zero-order valence-electron chi connectivity index (χ0n) is 10.2. The van der Waals surface area contributed by atoms with Gasteiger partial charge < -0.3 is 5.11 Å². The Labute approximate surface area is 106 Å². The van der Waals surface area contributed by atoms with Crippen LogP contribution in [0.2, 0.25) is 0 Å². The highest BCUT2D eigenvalue weighted by Gasteiger charge is 2.21. The standard InChI is InChI=1S/C13H19NO2S/c1-10-4-5-13(17-10)12(16)8-14-6-2-3-11(7-14)9-15/h4-5,11,15H,2-3,6-9H2,1H3. The average Bonchev–Trinajstić information content (AvgIpc) is 2.76. The second kappa shape index (κ2) is 5.76. The van der Waals surface area contributed by atoms with Crippen molar-refractivity contribution in [1.82, 2.24) is 4.90 Å². The summed E-state index contributed by atoms with van der Waals surface area (Å²) >= 11 is 1.57. The Kier molecular flexibility index (Phi) is 4.31. The van der Waals surface area contributed by atoms with Crippen molar-refractivity contribution in [3.63, 3.8) is 0 Å². The number of carbonyl (C=O) groups excluding carboxylic acids is 1. The molecule has 1 atom stereocenters. The Morgan fingerprint density at radius 3 is 3.06 bits per heavy atom. The lowest BCUT2D eigenvalue weighted by Crippen LogP contribution is -2.39. The third-order valence-corrected chi connectivity index (χ3v) is 4.29. The molecular weight excluding hydrogens is 234 g/mol. The number of ketones is 1. The molecule has 1 N–H and O–H groups in total. The summed E-state index contributed by atoms with van der Waals surface area (Å²) in [7, 11) is 0. The molecular formula is C13H19NO2S. The summed E-state index contributed by atoms with van der Waals surface area (Å²) in [6, 6.07) is 3.90. The van der Waals surface area contributed by atoms with E-state index in [1.165, 1.54) is 4.88 Å². The average molecular weight is 253 g/mol. The van der Waals surface area contributed by atoms with Gasteiger partial charge in [0, 0.05) is 18.0 Å². The van der Waals surface area contributed by atoms with E-state index in [0.717, 1.165) is 30.8 Å². The largest absolute Gasteiger partial charge is 0.396 e. The van der Waals surface area contributed by atoms with Crippen molar-refractivity contribution < 1.29 is 9.90 Å². The topological polar surface area (TPSA) is 40.5 Å². The molecule has 1 aliphatic heterocycles. The van der Waals surface area contributed by atoms with Crippen molar-refractivity contribution in [3.05, 3.63) is 21.9 Å². The maximum atomic E-state index is 12.0. The van der Waals surface area contributed by atoms with Gasteiger partial charge in [0.05, 0.1) is 11.4 Å². The number of likely N-dealkylation sites (tertiary alicyclic amines) is 1. The van der Waals surface area contributed by atoms with Crippen LogP contribution in [0.1, 0.15) is 27.4 Å². The highest BCUT2D eigenvalue weighted by atomic mass is 32.1. The lowest BCUT2D eigenvalue weighted by atomic mass is 9.99. The molecule has 2 rings (SSSR count). The van der Waals surface area contributed by atoms with Gasteiger partial charge in [0.1, 0.15) is 0 Å². The van der Waals surface area contributed by atoms with Crippen LogP contribution >= 0.6 is 11.3 Å². The minimum atomic E-state index is 0.210. The van der Waals surface area contributed by atoms with Gasteiger partial charge in [-0.25, -0.2) is 0 Å². The molecule has 94 valence electrons. The number of Topliss-reactive ketones (excluding diaryl/α,β-unsaturated/α-hetero) is 1.